The maximum absolute atomic E-state index is 5.45. The smallest absolute Gasteiger partial charge is 0.0249 e. The number of hydrogen-bond acceptors (Lipinski definition) is 0. The van der Waals surface area contributed by atoms with Crippen molar-refractivity contribution in [3.8, 4) is 0 Å². The largest absolute Gasteiger partial charge is 0.126 e. The molecule has 1 atom stereocenters. The third-order valence-electron chi connectivity index (χ3n) is 0.960. The van der Waals surface area contributed by atoms with Crippen molar-refractivity contribution < 1.29 is 0 Å². The molecule has 0 rings (SSSR count). The highest BCUT2D eigenvalue weighted by Crippen LogP contribution is 2.00. The van der Waals surface area contributed by atoms with E-state index in [-0.39, 0.29) is 0 Å². The van der Waals surface area contributed by atoms with Crippen LogP contribution in [-0.4, -0.2) is 5.88 Å². The van der Waals surface area contributed by atoms with Crippen LogP contribution >= 0.6 is 11.6 Å². The van der Waals surface area contributed by atoms with Crippen LogP contribution in [0.15, 0.2) is 0 Å². The van der Waals surface area contributed by atoms with Gasteiger partial charge in [-0.1, -0.05) is 20.3 Å². The van der Waals surface area contributed by atoms with Gasteiger partial charge in [-0.05, 0) is 5.92 Å². The predicted molar refractivity (Wildman–Crippen MR) is 30.2 cm³/mol. The van der Waals surface area contributed by atoms with Crippen LogP contribution in [0.2, 0.25) is 0 Å². The molecule has 0 fully saturated rings. The van der Waals surface area contributed by atoms with Crippen LogP contribution in [0.1, 0.15) is 20.3 Å². The topological polar surface area (TPSA) is 0 Å². The summed E-state index contributed by atoms with van der Waals surface area (Å²) in [6, 6.07) is 0. The molecule has 0 aromatic carbocycles. The first-order valence-corrected chi connectivity index (χ1v) is 2.90. The maximum Gasteiger partial charge on any atom is 0.0249 e. The number of alkyl halides is 1. The van der Waals surface area contributed by atoms with Gasteiger partial charge in [-0.25, -0.2) is 0 Å². The van der Waals surface area contributed by atoms with Gasteiger partial charge in [0.2, 0.25) is 0 Å². The van der Waals surface area contributed by atoms with Gasteiger partial charge in [-0.2, -0.15) is 0 Å². The van der Waals surface area contributed by atoms with E-state index < -0.39 is 0 Å². The van der Waals surface area contributed by atoms with E-state index in [0.717, 1.165) is 5.88 Å². The molecular weight excluding hydrogens is 95.5 g/mol. The van der Waals surface area contributed by atoms with E-state index >= 15 is 0 Å². The van der Waals surface area contributed by atoms with Crippen LogP contribution in [0.25, 0.3) is 0 Å². The highest BCUT2D eigenvalue weighted by atomic mass is 35.5. The van der Waals surface area contributed by atoms with E-state index in [1.807, 2.05) is 0 Å². The molecule has 0 aliphatic rings. The molecule has 0 saturated carbocycles. The van der Waals surface area contributed by atoms with Crippen molar-refractivity contribution in [2.75, 3.05) is 5.88 Å². The molecule has 0 unspecified atom stereocenters. The van der Waals surface area contributed by atoms with Crippen molar-refractivity contribution >= 4 is 11.6 Å². The summed E-state index contributed by atoms with van der Waals surface area (Å²) in [7, 11) is 0. The third-order valence-corrected chi connectivity index (χ3v) is 1.49. The van der Waals surface area contributed by atoms with Gasteiger partial charge in [0.15, 0.2) is 0 Å². The van der Waals surface area contributed by atoms with E-state index in [1.165, 1.54) is 6.42 Å². The molecule has 0 bridgehead atoms. The summed E-state index contributed by atoms with van der Waals surface area (Å²) in [5.41, 5.74) is 0. The highest BCUT2D eigenvalue weighted by Gasteiger charge is 1.90. The Morgan fingerprint density at radius 2 is 2.17 bits per heavy atom. The van der Waals surface area contributed by atoms with Crippen molar-refractivity contribution in [1.82, 2.24) is 0 Å². The minimum atomic E-state index is 0.701. The summed E-state index contributed by atoms with van der Waals surface area (Å²) in [6.45, 7) is 4.29. The Balaban J connectivity index is 2.75. The molecule has 0 aromatic heterocycles. The number of halogens is 1. The summed E-state index contributed by atoms with van der Waals surface area (Å²) >= 11 is 5.45. The van der Waals surface area contributed by atoms with E-state index in [0.29, 0.717) is 5.92 Å². The lowest BCUT2D eigenvalue weighted by Crippen LogP contribution is -1.90. The average Bonchev–Trinajstić information content (AvgIpc) is 1.65. The fourth-order valence-corrected chi connectivity index (χ4v) is 0.327. The predicted octanol–water partition coefficient (Wildman–Crippen LogP) is 2.27. The van der Waals surface area contributed by atoms with Crippen molar-refractivity contribution in [2.24, 2.45) is 5.92 Å². The molecule has 0 heterocycles. The molecule has 0 aliphatic heterocycles. The SMILES string of the molecule is CC[C@@H](C)CCl. The fraction of sp³-hybridized carbons (Fsp3) is 1.00. The van der Waals surface area contributed by atoms with E-state index in [2.05, 4.69) is 13.8 Å². The third kappa shape index (κ3) is 2.52. The zero-order chi connectivity index (χ0) is 4.99. The van der Waals surface area contributed by atoms with Crippen molar-refractivity contribution in [3.05, 3.63) is 0 Å². The van der Waals surface area contributed by atoms with Crippen LogP contribution in [0.4, 0.5) is 0 Å². The van der Waals surface area contributed by atoms with E-state index in [4.69, 9.17) is 11.6 Å². The lowest BCUT2D eigenvalue weighted by atomic mass is 10.2. The van der Waals surface area contributed by atoms with Crippen molar-refractivity contribution in [3.63, 3.8) is 0 Å². The second-order valence-corrected chi connectivity index (χ2v) is 1.98. The molecule has 0 saturated heterocycles. The van der Waals surface area contributed by atoms with Crippen LogP contribution in [0, 0.1) is 5.92 Å². The van der Waals surface area contributed by atoms with E-state index in [9.17, 15) is 0 Å². The first kappa shape index (κ1) is 6.29. The van der Waals surface area contributed by atoms with Crippen LogP contribution < -0.4 is 0 Å². The minimum Gasteiger partial charge on any atom is -0.126 e. The Hall–Kier alpha value is 0.290. The summed E-state index contributed by atoms with van der Waals surface area (Å²) in [5.74, 6) is 1.50. The zero-order valence-electron chi connectivity index (χ0n) is 4.37. The molecule has 0 spiro atoms. The molecule has 1 heteroatoms. The fourth-order valence-electron chi connectivity index (χ4n) is 0.109. The molecule has 0 radical (unpaired) electrons. The molecule has 0 amide bonds. The standard InChI is InChI=1S/C5H11Cl/c1-3-5(2)4-6/h5H,3-4H2,1-2H3/t5-/m1/s1. The molecule has 0 aliphatic carbocycles. The Labute approximate surface area is 44.5 Å². The van der Waals surface area contributed by atoms with Gasteiger partial charge >= 0.3 is 0 Å². The summed E-state index contributed by atoms with van der Waals surface area (Å²) in [6.07, 6.45) is 1.20. The Bertz CT molecular complexity index is 23.1. The molecule has 0 aromatic rings. The average molecular weight is 107 g/mol. The summed E-state index contributed by atoms with van der Waals surface area (Å²) < 4.78 is 0. The highest BCUT2D eigenvalue weighted by molar-refractivity contribution is 6.18. The number of rotatable bonds is 2. The molecule has 0 nitrogen and oxygen atoms in total. The minimum absolute atomic E-state index is 0.701. The van der Waals surface area contributed by atoms with Gasteiger partial charge in [0.25, 0.3) is 0 Å². The van der Waals surface area contributed by atoms with Crippen LogP contribution in [0.3, 0.4) is 0 Å². The van der Waals surface area contributed by atoms with Crippen LogP contribution in [0.5, 0.6) is 0 Å². The van der Waals surface area contributed by atoms with E-state index in [1.54, 1.807) is 0 Å². The summed E-state index contributed by atoms with van der Waals surface area (Å²) in [4.78, 5) is 0. The van der Waals surface area contributed by atoms with Crippen LogP contribution in [-0.2, 0) is 0 Å². The van der Waals surface area contributed by atoms with Gasteiger partial charge in [0, 0.05) is 5.88 Å². The lowest BCUT2D eigenvalue weighted by molar-refractivity contribution is 0.633. The molecular formula is C5H11Cl. The second-order valence-electron chi connectivity index (χ2n) is 1.67. The normalized spacial score (nSPS) is 14.5. The van der Waals surface area contributed by atoms with Gasteiger partial charge in [0.1, 0.15) is 0 Å². The van der Waals surface area contributed by atoms with Gasteiger partial charge in [-0.15, -0.1) is 11.6 Å². The second kappa shape index (κ2) is 3.48. The Morgan fingerprint density at radius 3 is 2.17 bits per heavy atom. The Morgan fingerprint density at radius 1 is 1.67 bits per heavy atom. The van der Waals surface area contributed by atoms with Gasteiger partial charge in [-0.3, -0.25) is 0 Å². The summed E-state index contributed by atoms with van der Waals surface area (Å²) in [5, 5.41) is 0. The van der Waals surface area contributed by atoms with Gasteiger partial charge in [0.05, 0.1) is 0 Å². The lowest BCUT2D eigenvalue weighted by Gasteiger charge is -1.97. The molecule has 38 valence electrons. The maximum atomic E-state index is 5.45. The molecule has 6 heavy (non-hydrogen) atoms. The first-order chi connectivity index (χ1) is 2.81. The quantitative estimate of drug-likeness (QED) is 0.474. The Kier molecular flexibility index (Phi) is 3.65. The first-order valence-electron chi connectivity index (χ1n) is 2.37. The number of hydrogen-bond donors (Lipinski definition) is 0. The van der Waals surface area contributed by atoms with Gasteiger partial charge < -0.3 is 0 Å². The van der Waals surface area contributed by atoms with Crippen molar-refractivity contribution in [1.29, 1.82) is 0 Å². The monoisotopic (exact) mass is 106 g/mol. The molecule has 0 N–H and O–H groups in total. The zero-order valence-corrected chi connectivity index (χ0v) is 5.13. The van der Waals surface area contributed by atoms with Crippen molar-refractivity contribution in [2.45, 2.75) is 20.3 Å².